The summed E-state index contributed by atoms with van der Waals surface area (Å²) in [7, 11) is 5.14. The van der Waals surface area contributed by atoms with Gasteiger partial charge in [0.15, 0.2) is 18.7 Å². The SMILES string of the molecule is CC[C@H]1OC(=O)[C@H](C)[C@@H](O[C@H]2C[C@@](C)(OC)[C@@H](OC(=O)CCOCCOCCCc3ccc4c(c3)c(=O)c(C(=O)O)cn4CC)[C@H](C)O2)[C@H](C)[C@@H](O[C@@H]2O[C@H](C)C[C@H](N(C)C)[C@H]2O)[C@](C)(O)C[C@@H](C)NC(=O)[C@H](C)[C@@H](O)[C@]1(C)O. The molecule has 0 saturated carbocycles. The first-order valence-corrected chi connectivity index (χ1v) is 27.9. The molecule has 79 heavy (non-hydrogen) atoms. The molecule has 448 valence electrons. The van der Waals surface area contributed by atoms with E-state index in [1.54, 1.807) is 52.2 Å². The Morgan fingerprint density at radius 1 is 0.886 bits per heavy atom. The van der Waals surface area contributed by atoms with E-state index < -0.39 is 125 Å². The minimum atomic E-state index is -2.08. The second-order valence-corrected chi connectivity index (χ2v) is 22.9. The summed E-state index contributed by atoms with van der Waals surface area (Å²) in [6, 6.07) is 4.37. The molecule has 3 aliphatic rings. The number of aliphatic hydroxyl groups is 4. The molecule has 0 bridgehead atoms. The van der Waals surface area contributed by atoms with Crippen LogP contribution in [-0.2, 0) is 70.0 Å². The number of pyridine rings is 1. The van der Waals surface area contributed by atoms with E-state index in [1.165, 1.54) is 34.1 Å². The van der Waals surface area contributed by atoms with Gasteiger partial charge in [0.2, 0.25) is 11.3 Å². The molecule has 3 fully saturated rings. The summed E-state index contributed by atoms with van der Waals surface area (Å²) in [4.78, 5) is 67.9. The number of carboxylic acids is 1. The highest BCUT2D eigenvalue weighted by Crippen LogP contribution is 2.40. The van der Waals surface area contributed by atoms with Crippen LogP contribution in [-0.4, -0.2) is 197 Å². The molecule has 0 radical (unpaired) electrons. The van der Waals surface area contributed by atoms with Crippen molar-refractivity contribution in [3.05, 3.63) is 45.7 Å². The third-order valence-electron chi connectivity index (χ3n) is 16.2. The molecular formula is C57H91N3O19. The van der Waals surface area contributed by atoms with Gasteiger partial charge in [-0.25, -0.2) is 4.79 Å². The molecule has 18 atom stereocenters. The molecule has 2 aromatic rings. The Bertz CT molecular complexity index is 2410. The molecule has 0 aliphatic carbocycles. The summed E-state index contributed by atoms with van der Waals surface area (Å²) in [6.07, 6.45) is -8.11. The van der Waals surface area contributed by atoms with Crippen LogP contribution < -0.4 is 10.7 Å². The standard InChI is InChI=1S/C57H91N3O19/c1-15-42-57(11,70)48(64)35(7)51(65)58-31(3)28-55(9,69)49(79-54-46(63)41(59(12)13)26-32(4)74-54)33(5)47(34(6)53(68)76-42)78-44-29-56(10,71-14)50(36(8)75-44)77-43(61)21-23-73-25-24-72-22-17-18-37-19-20-40-38(27-37)45(62)39(52(66)67)30-60(40)16-2/h19-20,27,30-36,41-42,44,46-50,54,63-64,69-70H,15-18,21-26,28-29H2,1-14H3,(H,58,65)(H,66,67)/t31-,32-,33+,34-,35-,36+,41+,42-,44+,46-,47+,48-,49-,50+,54+,55-,56-,57-/m1/s1. The van der Waals surface area contributed by atoms with Crippen molar-refractivity contribution in [1.29, 1.82) is 0 Å². The van der Waals surface area contributed by atoms with Gasteiger partial charge in [0.25, 0.3) is 0 Å². The number of nitrogens with one attached hydrogen (secondary N) is 1. The molecule has 0 unspecified atom stereocenters. The average Bonchev–Trinajstić information content (AvgIpc) is 3.40. The molecule has 22 nitrogen and oxygen atoms in total. The van der Waals surface area contributed by atoms with E-state index >= 15 is 0 Å². The fourth-order valence-electron chi connectivity index (χ4n) is 11.6. The van der Waals surface area contributed by atoms with Crippen LogP contribution in [0.3, 0.4) is 0 Å². The molecule has 5 rings (SSSR count). The normalized spacial score (nSPS) is 36.3. The van der Waals surface area contributed by atoms with Crippen LogP contribution in [0, 0.1) is 17.8 Å². The molecule has 1 amide bonds. The lowest BCUT2D eigenvalue weighted by Crippen LogP contribution is -2.61. The minimum absolute atomic E-state index is 0.0104. The number of ether oxygens (including phenoxy) is 9. The number of hydrogen-bond acceptors (Lipinski definition) is 19. The number of aliphatic hydroxyl groups excluding tert-OH is 2. The maximum atomic E-state index is 14.5. The highest BCUT2D eigenvalue weighted by molar-refractivity contribution is 5.92. The van der Waals surface area contributed by atoms with Gasteiger partial charge >= 0.3 is 17.9 Å². The lowest BCUT2D eigenvalue weighted by atomic mass is 9.78. The largest absolute Gasteiger partial charge is 0.477 e. The molecule has 3 aliphatic heterocycles. The quantitative estimate of drug-likeness (QED) is 0.0813. The minimum Gasteiger partial charge on any atom is -0.477 e. The Hall–Kier alpha value is -4.17. The molecule has 4 heterocycles. The van der Waals surface area contributed by atoms with Crippen LogP contribution in [0.1, 0.15) is 131 Å². The predicted octanol–water partition coefficient (Wildman–Crippen LogP) is 3.73. The number of methoxy groups -OCH3 is 1. The van der Waals surface area contributed by atoms with Gasteiger partial charge in [-0.2, -0.15) is 0 Å². The van der Waals surface area contributed by atoms with Crippen molar-refractivity contribution in [3.63, 3.8) is 0 Å². The zero-order valence-electron chi connectivity index (χ0n) is 48.8. The highest BCUT2D eigenvalue weighted by atomic mass is 16.7. The Morgan fingerprint density at radius 3 is 2.18 bits per heavy atom. The Labute approximate surface area is 464 Å². The zero-order chi connectivity index (χ0) is 58.9. The number of carbonyl (C=O) groups is 4. The molecule has 6 N–H and O–H groups in total. The maximum absolute atomic E-state index is 14.5. The maximum Gasteiger partial charge on any atom is 0.341 e. The van der Waals surface area contributed by atoms with Gasteiger partial charge in [-0.15, -0.1) is 0 Å². The summed E-state index contributed by atoms with van der Waals surface area (Å²) in [5, 5.41) is 60.3. The molecule has 3 saturated heterocycles. The number of fused-ring (bicyclic) bond motifs is 1. The number of esters is 2. The number of nitrogens with zero attached hydrogens (tertiary/aromatic N) is 2. The molecule has 1 aromatic heterocycles. The monoisotopic (exact) mass is 1120 g/mol. The third-order valence-corrected chi connectivity index (χ3v) is 16.2. The van der Waals surface area contributed by atoms with E-state index in [-0.39, 0.29) is 63.2 Å². The van der Waals surface area contributed by atoms with Gasteiger partial charge in [0.05, 0.1) is 79.7 Å². The smallest absolute Gasteiger partial charge is 0.341 e. The van der Waals surface area contributed by atoms with Crippen molar-refractivity contribution >= 4 is 34.7 Å². The fourth-order valence-corrected chi connectivity index (χ4v) is 11.6. The summed E-state index contributed by atoms with van der Waals surface area (Å²) in [5.74, 6) is -6.56. The van der Waals surface area contributed by atoms with Crippen molar-refractivity contribution in [2.45, 2.75) is 218 Å². The van der Waals surface area contributed by atoms with Crippen molar-refractivity contribution in [2.24, 2.45) is 17.8 Å². The number of benzene rings is 1. The van der Waals surface area contributed by atoms with E-state index in [0.717, 1.165) is 5.56 Å². The van der Waals surface area contributed by atoms with Crippen LogP contribution in [0.15, 0.2) is 29.2 Å². The third kappa shape index (κ3) is 16.1. The number of rotatable bonds is 20. The van der Waals surface area contributed by atoms with E-state index in [4.69, 9.17) is 42.6 Å². The summed E-state index contributed by atoms with van der Waals surface area (Å²) in [6.45, 7) is 19.5. The van der Waals surface area contributed by atoms with E-state index in [0.29, 0.717) is 43.3 Å². The van der Waals surface area contributed by atoms with Crippen LogP contribution in [0.4, 0.5) is 0 Å². The number of aryl methyl sites for hydroxylation is 2. The number of carbonyl (C=O) groups excluding carboxylic acids is 3. The van der Waals surface area contributed by atoms with Gasteiger partial charge in [0, 0.05) is 56.3 Å². The number of cyclic esters (lactones) is 1. The van der Waals surface area contributed by atoms with Crippen LogP contribution >= 0.6 is 0 Å². The first-order valence-electron chi connectivity index (χ1n) is 27.9. The summed E-state index contributed by atoms with van der Waals surface area (Å²) < 4.78 is 57.5. The van der Waals surface area contributed by atoms with Crippen molar-refractivity contribution in [1.82, 2.24) is 14.8 Å². The van der Waals surface area contributed by atoms with Crippen molar-refractivity contribution in [3.8, 4) is 0 Å². The Morgan fingerprint density at radius 2 is 1.56 bits per heavy atom. The number of carboxylic acid groups (broad SMARTS) is 1. The van der Waals surface area contributed by atoms with Gasteiger partial charge in [-0.1, -0.05) is 26.8 Å². The zero-order valence-corrected chi connectivity index (χ0v) is 48.8. The molecular weight excluding hydrogens is 1030 g/mol. The average molecular weight is 1120 g/mol. The lowest BCUT2D eigenvalue weighted by molar-refractivity contribution is -0.318. The highest BCUT2D eigenvalue weighted by Gasteiger charge is 2.54. The van der Waals surface area contributed by atoms with E-state index in [2.05, 4.69) is 5.32 Å². The summed E-state index contributed by atoms with van der Waals surface area (Å²) in [5.41, 5.74) is -4.35. The fraction of sp³-hybridized carbons (Fsp3) is 0.772. The van der Waals surface area contributed by atoms with Gasteiger partial charge < -0.3 is 82.9 Å². The molecule has 22 heteroatoms. The number of hydrogen-bond donors (Lipinski definition) is 6. The van der Waals surface area contributed by atoms with Crippen molar-refractivity contribution in [2.75, 3.05) is 47.6 Å². The first kappa shape index (κ1) is 65.6. The van der Waals surface area contributed by atoms with Crippen LogP contribution in [0.5, 0.6) is 0 Å². The number of likely N-dealkylation sites (N-methyl/N-ethyl adjacent to an activating group) is 1. The van der Waals surface area contributed by atoms with Gasteiger partial charge in [0.1, 0.15) is 29.0 Å². The van der Waals surface area contributed by atoms with Gasteiger partial charge in [-0.05, 0) is 119 Å². The number of amides is 1. The van der Waals surface area contributed by atoms with E-state index in [1.807, 2.05) is 45.0 Å². The summed E-state index contributed by atoms with van der Waals surface area (Å²) >= 11 is 0. The number of aromatic carboxylic acids is 1. The second-order valence-electron chi connectivity index (χ2n) is 22.9. The lowest BCUT2D eigenvalue weighted by Gasteiger charge is -2.49. The number of aromatic nitrogens is 1. The Balaban J connectivity index is 1.26. The van der Waals surface area contributed by atoms with E-state index in [9.17, 15) is 49.5 Å². The van der Waals surface area contributed by atoms with Gasteiger partial charge in [-0.3, -0.25) is 19.2 Å². The van der Waals surface area contributed by atoms with Crippen LogP contribution in [0.25, 0.3) is 10.9 Å². The molecule has 0 spiro atoms. The second kappa shape index (κ2) is 28.2. The van der Waals surface area contributed by atoms with Crippen LogP contribution in [0.2, 0.25) is 0 Å². The topological polar surface area (TPSA) is 290 Å². The van der Waals surface area contributed by atoms with Crippen molar-refractivity contribution < 1.29 is 87.3 Å². The molecule has 1 aromatic carbocycles. The predicted molar refractivity (Wildman–Crippen MR) is 289 cm³/mol. The Kier molecular flexibility index (Phi) is 23.4. The first-order chi connectivity index (χ1) is 37.0.